The van der Waals surface area contributed by atoms with Gasteiger partial charge in [0.25, 0.3) is 0 Å². The molecule has 0 atom stereocenters. The van der Waals surface area contributed by atoms with E-state index in [0.717, 1.165) is 12.8 Å². The van der Waals surface area contributed by atoms with E-state index in [9.17, 15) is 9.59 Å². The number of nitriles is 1. The van der Waals surface area contributed by atoms with E-state index in [4.69, 9.17) is 11.0 Å². The van der Waals surface area contributed by atoms with Crippen molar-refractivity contribution in [3.05, 3.63) is 0 Å². The summed E-state index contributed by atoms with van der Waals surface area (Å²) < 4.78 is 0. The lowest BCUT2D eigenvalue weighted by Crippen LogP contribution is -2.46. The molecule has 1 aliphatic heterocycles. The molecule has 0 aromatic carbocycles. The minimum absolute atomic E-state index is 0.157. The van der Waals surface area contributed by atoms with Gasteiger partial charge in [0.2, 0.25) is 5.91 Å². The van der Waals surface area contributed by atoms with E-state index >= 15 is 0 Å². The molecule has 0 bridgehead atoms. The Kier molecular flexibility index (Phi) is 3.85. The van der Waals surface area contributed by atoms with E-state index in [0.29, 0.717) is 13.1 Å². The topological polar surface area (TPSA) is 99.2 Å². The summed E-state index contributed by atoms with van der Waals surface area (Å²) in [5.74, 6) is -0.395. The van der Waals surface area contributed by atoms with Gasteiger partial charge in [-0.15, -0.1) is 0 Å². The molecular weight excluding hydrogens is 208 g/mol. The molecular formula is C10H16N4O2. The van der Waals surface area contributed by atoms with E-state index in [2.05, 4.69) is 6.07 Å². The van der Waals surface area contributed by atoms with Gasteiger partial charge in [-0.3, -0.25) is 15.0 Å². The van der Waals surface area contributed by atoms with Crippen LogP contribution in [0.15, 0.2) is 0 Å². The number of urea groups is 1. The molecule has 88 valence electrons. The second kappa shape index (κ2) is 4.94. The van der Waals surface area contributed by atoms with Crippen molar-refractivity contribution in [3.63, 3.8) is 0 Å². The first-order valence-corrected chi connectivity index (χ1v) is 5.18. The van der Waals surface area contributed by atoms with Crippen LogP contribution in [0.1, 0.15) is 19.8 Å². The van der Waals surface area contributed by atoms with Gasteiger partial charge in [0, 0.05) is 13.1 Å². The highest BCUT2D eigenvalue weighted by Crippen LogP contribution is 2.29. The van der Waals surface area contributed by atoms with Crippen LogP contribution in [-0.2, 0) is 4.79 Å². The molecule has 0 saturated carbocycles. The van der Waals surface area contributed by atoms with E-state index in [-0.39, 0.29) is 12.0 Å². The second-order valence-corrected chi connectivity index (χ2v) is 4.36. The molecule has 0 radical (unpaired) electrons. The van der Waals surface area contributed by atoms with Crippen molar-refractivity contribution < 1.29 is 9.59 Å². The predicted octanol–water partition coefficient (Wildman–Crippen LogP) is -0.193. The minimum Gasteiger partial charge on any atom is -0.351 e. The lowest BCUT2D eigenvalue weighted by atomic mass is 9.82. The molecule has 6 nitrogen and oxygen atoms in total. The first-order valence-electron chi connectivity index (χ1n) is 5.18. The molecule has 3 N–H and O–H groups in total. The van der Waals surface area contributed by atoms with Gasteiger partial charge in [-0.1, -0.05) is 0 Å². The van der Waals surface area contributed by atoms with Gasteiger partial charge >= 0.3 is 6.03 Å². The van der Waals surface area contributed by atoms with Crippen LogP contribution in [0, 0.1) is 16.7 Å². The zero-order valence-corrected chi connectivity index (χ0v) is 9.32. The van der Waals surface area contributed by atoms with Crippen molar-refractivity contribution in [2.45, 2.75) is 19.8 Å². The number of rotatable bonds is 2. The normalized spacial score (nSPS) is 19.8. The van der Waals surface area contributed by atoms with Crippen LogP contribution in [0.2, 0.25) is 0 Å². The monoisotopic (exact) mass is 224 g/mol. The van der Waals surface area contributed by atoms with Crippen molar-refractivity contribution in [1.82, 2.24) is 10.2 Å². The summed E-state index contributed by atoms with van der Waals surface area (Å²) in [6.07, 6.45) is 1.49. The Morgan fingerprint density at radius 2 is 2.06 bits per heavy atom. The van der Waals surface area contributed by atoms with Gasteiger partial charge in [-0.05, 0) is 19.8 Å². The number of amides is 3. The number of imide groups is 1. The second-order valence-electron chi connectivity index (χ2n) is 4.36. The fourth-order valence-corrected chi connectivity index (χ4v) is 1.70. The summed E-state index contributed by atoms with van der Waals surface area (Å²) in [5.41, 5.74) is 4.55. The Bertz CT molecular complexity index is 326. The third-order valence-corrected chi connectivity index (χ3v) is 2.86. The summed E-state index contributed by atoms with van der Waals surface area (Å²) in [7, 11) is 0. The van der Waals surface area contributed by atoms with E-state index in [1.54, 1.807) is 0 Å². The number of nitrogens with one attached hydrogen (secondary N) is 1. The van der Waals surface area contributed by atoms with Crippen LogP contribution >= 0.6 is 0 Å². The molecule has 16 heavy (non-hydrogen) atoms. The van der Waals surface area contributed by atoms with Gasteiger partial charge in [0.15, 0.2) is 0 Å². The molecule has 0 aromatic rings. The van der Waals surface area contributed by atoms with Crippen molar-refractivity contribution in [3.8, 4) is 6.07 Å². The summed E-state index contributed by atoms with van der Waals surface area (Å²) in [4.78, 5) is 23.6. The molecule has 1 rings (SSSR count). The Balaban J connectivity index is 2.35. The third-order valence-electron chi connectivity index (χ3n) is 2.86. The van der Waals surface area contributed by atoms with E-state index in [1.165, 1.54) is 0 Å². The fraction of sp³-hybridized carbons (Fsp3) is 0.700. The number of likely N-dealkylation sites (tertiary alicyclic amines) is 1. The standard InChI is InChI=1S/C10H16N4O2/c1-10(7-11)2-4-14(5-3-10)6-8(15)13-9(12)16/h2-6H2,1H3,(H3,12,13,15,16). The number of hydrogen-bond donors (Lipinski definition) is 2. The SMILES string of the molecule is CC1(C#N)CCN(CC(=O)NC(N)=O)CC1. The highest BCUT2D eigenvalue weighted by molar-refractivity contribution is 5.94. The molecule has 0 aliphatic carbocycles. The van der Waals surface area contributed by atoms with Crippen LogP contribution in [0.3, 0.4) is 0 Å². The average molecular weight is 224 g/mol. The molecule has 0 aromatic heterocycles. The quantitative estimate of drug-likeness (QED) is 0.678. The molecule has 3 amide bonds. The number of hydrogen-bond acceptors (Lipinski definition) is 4. The number of carbonyl (C=O) groups is 2. The molecule has 1 heterocycles. The lowest BCUT2D eigenvalue weighted by Gasteiger charge is -2.34. The van der Waals surface area contributed by atoms with Gasteiger partial charge in [0.05, 0.1) is 18.0 Å². The first kappa shape index (κ1) is 12.5. The Morgan fingerprint density at radius 3 is 2.50 bits per heavy atom. The van der Waals surface area contributed by atoms with Crippen molar-refractivity contribution in [2.24, 2.45) is 11.1 Å². The lowest BCUT2D eigenvalue weighted by molar-refractivity contribution is -0.121. The van der Waals surface area contributed by atoms with Crippen LogP contribution in [0.5, 0.6) is 0 Å². The van der Waals surface area contributed by atoms with Gasteiger partial charge in [-0.25, -0.2) is 4.79 Å². The third kappa shape index (κ3) is 3.51. The molecule has 1 saturated heterocycles. The first-order chi connectivity index (χ1) is 7.45. The van der Waals surface area contributed by atoms with Gasteiger partial charge < -0.3 is 5.73 Å². The highest BCUT2D eigenvalue weighted by atomic mass is 16.2. The fourth-order valence-electron chi connectivity index (χ4n) is 1.70. The number of nitrogens with two attached hydrogens (primary N) is 1. The maximum atomic E-state index is 11.2. The van der Waals surface area contributed by atoms with E-state index in [1.807, 2.05) is 17.1 Å². The Hall–Kier alpha value is -1.61. The summed E-state index contributed by atoms with van der Waals surface area (Å²) in [6, 6.07) is 1.46. The number of piperidine rings is 1. The Morgan fingerprint density at radius 1 is 1.50 bits per heavy atom. The largest absolute Gasteiger partial charge is 0.351 e. The zero-order chi connectivity index (χ0) is 12.2. The van der Waals surface area contributed by atoms with Gasteiger partial charge in [0.1, 0.15) is 0 Å². The van der Waals surface area contributed by atoms with Crippen LogP contribution < -0.4 is 11.1 Å². The van der Waals surface area contributed by atoms with Crippen molar-refractivity contribution in [2.75, 3.05) is 19.6 Å². The van der Waals surface area contributed by atoms with Gasteiger partial charge in [-0.2, -0.15) is 5.26 Å². The van der Waals surface area contributed by atoms with Crippen LogP contribution in [-0.4, -0.2) is 36.5 Å². The maximum absolute atomic E-state index is 11.2. The molecule has 1 aliphatic rings. The predicted molar refractivity (Wildman–Crippen MR) is 57.1 cm³/mol. The zero-order valence-electron chi connectivity index (χ0n) is 9.32. The average Bonchev–Trinajstić information content (AvgIpc) is 2.21. The van der Waals surface area contributed by atoms with Crippen molar-refractivity contribution in [1.29, 1.82) is 5.26 Å². The van der Waals surface area contributed by atoms with Crippen molar-refractivity contribution >= 4 is 11.9 Å². The molecule has 1 fully saturated rings. The number of carbonyl (C=O) groups excluding carboxylic acids is 2. The number of nitrogens with zero attached hydrogens (tertiary/aromatic N) is 2. The van der Waals surface area contributed by atoms with E-state index < -0.39 is 11.9 Å². The highest BCUT2D eigenvalue weighted by Gasteiger charge is 2.30. The summed E-state index contributed by atoms with van der Waals surface area (Å²) >= 11 is 0. The Labute approximate surface area is 94.4 Å². The summed E-state index contributed by atoms with van der Waals surface area (Å²) in [6.45, 7) is 3.46. The summed E-state index contributed by atoms with van der Waals surface area (Å²) in [5, 5.41) is 10.9. The molecule has 6 heteroatoms. The minimum atomic E-state index is -0.830. The molecule has 0 unspecified atom stereocenters. The molecule has 0 spiro atoms. The smallest absolute Gasteiger partial charge is 0.318 e. The number of primary amides is 1. The maximum Gasteiger partial charge on any atom is 0.318 e. The van der Waals surface area contributed by atoms with Crippen LogP contribution in [0.25, 0.3) is 0 Å². The van der Waals surface area contributed by atoms with Crippen LogP contribution in [0.4, 0.5) is 4.79 Å².